The number of carbonyl (C=O) groups excluding carboxylic acids is 1. The molecule has 0 bridgehead atoms. The van der Waals surface area contributed by atoms with Gasteiger partial charge in [-0.1, -0.05) is 0 Å². The highest BCUT2D eigenvalue weighted by Gasteiger charge is 1.99. The van der Waals surface area contributed by atoms with Crippen molar-refractivity contribution < 1.29 is 14.7 Å². The zero-order chi connectivity index (χ0) is 8.97. The number of aromatic nitrogens is 2. The van der Waals surface area contributed by atoms with Crippen molar-refractivity contribution in [2.24, 2.45) is 0 Å². The van der Waals surface area contributed by atoms with Crippen LogP contribution in [0.2, 0.25) is 0 Å². The zero-order valence-corrected chi connectivity index (χ0v) is 6.30. The third-order valence-corrected chi connectivity index (χ3v) is 1.36. The zero-order valence-electron chi connectivity index (χ0n) is 6.30. The van der Waals surface area contributed by atoms with Gasteiger partial charge in [-0.15, -0.1) is 0 Å². The van der Waals surface area contributed by atoms with Crippen LogP contribution in [0.25, 0.3) is 0 Å². The van der Waals surface area contributed by atoms with Crippen molar-refractivity contribution in [3.63, 3.8) is 0 Å². The second kappa shape index (κ2) is 3.66. The first kappa shape index (κ1) is 8.45. The summed E-state index contributed by atoms with van der Waals surface area (Å²) in [6.45, 7) is 0.343. The van der Waals surface area contributed by atoms with Crippen LogP contribution in [-0.4, -0.2) is 26.9 Å². The van der Waals surface area contributed by atoms with Crippen LogP contribution < -0.4 is 0 Å². The molecule has 1 N–H and O–H groups in total. The summed E-state index contributed by atoms with van der Waals surface area (Å²) in [4.78, 5) is 24.0. The Bertz CT molecular complexity index is 293. The third kappa shape index (κ3) is 2.19. The lowest BCUT2D eigenvalue weighted by Gasteiger charge is -1.95. The molecule has 0 aliphatic carbocycles. The van der Waals surface area contributed by atoms with E-state index in [0.717, 1.165) is 0 Å². The van der Waals surface area contributed by atoms with Crippen LogP contribution in [0.3, 0.4) is 0 Å². The summed E-state index contributed by atoms with van der Waals surface area (Å²) in [6, 6.07) is 0. The topological polar surface area (TPSA) is 72.2 Å². The molecule has 0 spiro atoms. The van der Waals surface area contributed by atoms with Gasteiger partial charge in [0, 0.05) is 12.7 Å². The highest BCUT2D eigenvalue weighted by Crippen LogP contribution is 1.94. The molecule has 64 valence electrons. The number of aldehydes is 1. The highest BCUT2D eigenvalue weighted by molar-refractivity contribution is 5.71. The number of imidazole rings is 1. The fourth-order valence-electron chi connectivity index (χ4n) is 0.785. The first-order chi connectivity index (χ1) is 5.72. The van der Waals surface area contributed by atoms with Crippen LogP contribution in [0.4, 0.5) is 0 Å². The summed E-state index contributed by atoms with van der Waals surface area (Å²) in [7, 11) is 0. The Labute approximate surface area is 68.6 Å². The summed E-state index contributed by atoms with van der Waals surface area (Å²) >= 11 is 0. The van der Waals surface area contributed by atoms with E-state index in [1.54, 1.807) is 4.57 Å². The molecule has 12 heavy (non-hydrogen) atoms. The van der Waals surface area contributed by atoms with Crippen LogP contribution in [0.1, 0.15) is 16.9 Å². The van der Waals surface area contributed by atoms with E-state index in [0.29, 0.717) is 18.5 Å². The maximum atomic E-state index is 10.2. The highest BCUT2D eigenvalue weighted by atomic mass is 16.4. The predicted molar refractivity (Wildman–Crippen MR) is 39.9 cm³/mol. The maximum absolute atomic E-state index is 10.2. The largest absolute Gasteiger partial charge is 0.481 e. The normalized spacial score (nSPS) is 9.67. The van der Waals surface area contributed by atoms with Crippen LogP contribution in [0, 0.1) is 0 Å². The molecule has 1 heterocycles. The van der Waals surface area contributed by atoms with Gasteiger partial charge in [0.05, 0.1) is 12.7 Å². The number of rotatable bonds is 4. The fraction of sp³-hybridized carbons (Fsp3) is 0.286. The monoisotopic (exact) mass is 168 g/mol. The first-order valence-electron chi connectivity index (χ1n) is 3.41. The Morgan fingerprint density at radius 1 is 1.75 bits per heavy atom. The van der Waals surface area contributed by atoms with Gasteiger partial charge in [0.1, 0.15) is 5.69 Å². The molecule has 5 nitrogen and oxygen atoms in total. The lowest BCUT2D eigenvalue weighted by atomic mass is 10.4. The molecule has 0 unspecified atom stereocenters. The van der Waals surface area contributed by atoms with Crippen molar-refractivity contribution in [2.75, 3.05) is 0 Å². The molecule has 0 aliphatic heterocycles. The average molecular weight is 168 g/mol. The van der Waals surface area contributed by atoms with Gasteiger partial charge in [0.15, 0.2) is 6.29 Å². The lowest BCUT2D eigenvalue weighted by Crippen LogP contribution is -2.02. The number of aryl methyl sites for hydroxylation is 1. The van der Waals surface area contributed by atoms with Gasteiger partial charge >= 0.3 is 5.97 Å². The Morgan fingerprint density at radius 2 is 2.50 bits per heavy atom. The molecular formula is C7H8N2O3. The van der Waals surface area contributed by atoms with Crippen LogP contribution >= 0.6 is 0 Å². The molecule has 0 amide bonds. The Kier molecular flexibility index (Phi) is 2.57. The molecule has 1 aromatic rings. The quantitative estimate of drug-likeness (QED) is 0.650. The van der Waals surface area contributed by atoms with Gasteiger partial charge in [0.2, 0.25) is 0 Å². The molecular weight excluding hydrogens is 160 g/mol. The van der Waals surface area contributed by atoms with Crippen LogP contribution in [0.5, 0.6) is 0 Å². The standard InChI is InChI=1S/C7H8N2O3/c10-4-6-3-9(5-8-6)2-1-7(11)12/h3-5H,1-2H2,(H,11,12). The second-order valence-electron chi connectivity index (χ2n) is 2.30. The minimum Gasteiger partial charge on any atom is -0.481 e. The number of carbonyl (C=O) groups is 2. The van der Waals surface area contributed by atoms with E-state index in [-0.39, 0.29) is 6.42 Å². The number of nitrogens with zero attached hydrogens (tertiary/aromatic N) is 2. The van der Waals surface area contributed by atoms with E-state index in [9.17, 15) is 9.59 Å². The van der Waals surface area contributed by atoms with Crippen molar-refractivity contribution in [1.82, 2.24) is 9.55 Å². The van der Waals surface area contributed by atoms with E-state index in [2.05, 4.69) is 4.98 Å². The minimum atomic E-state index is -0.864. The van der Waals surface area contributed by atoms with Crippen molar-refractivity contribution in [2.45, 2.75) is 13.0 Å². The Morgan fingerprint density at radius 3 is 3.00 bits per heavy atom. The van der Waals surface area contributed by atoms with Crippen molar-refractivity contribution in [3.8, 4) is 0 Å². The Hall–Kier alpha value is -1.65. The number of hydrogen-bond acceptors (Lipinski definition) is 3. The van der Waals surface area contributed by atoms with Crippen molar-refractivity contribution >= 4 is 12.3 Å². The molecule has 0 saturated heterocycles. The van der Waals surface area contributed by atoms with Gasteiger partial charge in [-0.05, 0) is 0 Å². The fourth-order valence-corrected chi connectivity index (χ4v) is 0.785. The lowest BCUT2D eigenvalue weighted by molar-refractivity contribution is -0.137. The molecule has 0 aromatic carbocycles. The van der Waals surface area contributed by atoms with E-state index in [4.69, 9.17) is 5.11 Å². The second-order valence-corrected chi connectivity index (χ2v) is 2.30. The number of aliphatic carboxylic acids is 1. The summed E-state index contributed by atoms with van der Waals surface area (Å²) in [5, 5.41) is 8.34. The van der Waals surface area contributed by atoms with E-state index in [1.165, 1.54) is 12.5 Å². The number of carboxylic acid groups (broad SMARTS) is 1. The first-order valence-corrected chi connectivity index (χ1v) is 3.41. The average Bonchev–Trinajstić information content (AvgIpc) is 2.48. The molecule has 0 saturated carbocycles. The third-order valence-electron chi connectivity index (χ3n) is 1.36. The van der Waals surface area contributed by atoms with Gasteiger partial charge in [-0.3, -0.25) is 9.59 Å². The Balaban J connectivity index is 2.52. The molecule has 1 aromatic heterocycles. The van der Waals surface area contributed by atoms with Gasteiger partial charge in [-0.2, -0.15) is 0 Å². The predicted octanol–water partition coefficient (Wildman–Crippen LogP) is 0.170. The molecule has 0 aliphatic rings. The van der Waals surface area contributed by atoms with Crippen molar-refractivity contribution in [3.05, 3.63) is 18.2 Å². The summed E-state index contributed by atoms with van der Waals surface area (Å²) in [5.41, 5.74) is 0.320. The molecule has 1 rings (SSSR count). The molecule has 0 atom stereocenters. The summed E-state index contributed by atoms with van der Waals surface area (Å²) in [5.74, 6) is -0.864. The summed E-state index contributed by atoms with van der Waals surface area (Å²) in [6.07, 6.45) is 3.61. The van der Waals surface area contributed by atoms with Gasteiger partial charge in [0.25, 0.3) is 0 Å². The van der Waals surface area contributed by atoms with Gasteiger partial charge < -0.3 is 9.67 Å². The van der Waals surface area contributed by atoms with E-state index >= 15 is 0 Å². The van der Waals surface area contributed by atoms with Gasteiger partial charge in [-0.25, -0.2) is 4.98 Å². The summed E-state index contributed by atoms with van der Waals surface area (Å²) < 4.78 is 1.57. The number of carboxylic acids is 1. The van der Waals surface area contributed by atoms with Crippen LogP contribution in [-0.2, 0) is 11.3 Å². The molecule has 0 fully saturated rings. The number of hydrogen-bond donors (Lipinski definition) is 1. The van der Waals surface area contributed by atoms with E-state index in [1.807, 2.05) is 0 Å². The minimum absolute atomic E-state index is 0.0364. The molecule has 0 radical (unpaired) electrons. The molecule has 5 heteroatoms. The SMILES string of the molecule is O=Cc1cn(CCC(=O)O)cn1. The van der Waals surface area contributed by atoms with Crippen LogP contribution in [0.15, 0.2) is 12.5 Å². The van der Waals surface area contributed by atoms with Crippen molar-refractivity contribution in [1.29, 1.82) is 0 Å². The van der Waals surface area contributed by atoms with E-state index < -0.39 is 5.97 Å². The maximum Gasteiger partial charge on any atom is 0.305 e. The smallest absolute Gasteiger partial charge is 0.305 e.